The first-order valence-electron chi connectivity index (χ1n) is 7.98. The summed E-state index contributed by atoms with van der Waals surface area (Å²) in [6.07, 6.45) is 0. The van der Waals surface area contributed by atoms with E-state index in [0.717, 1.165) is 0 Å². The zero-order chi connectivity index (χ0) is 20.2. The molecule has 2 rings (SSSR count). The number of hydrogen-bond acceptors (Lipinski definition) is 7. The van der Waals surface area contributed by atoms with Gasteiger partial charge in [0.05, 0.1) is 29.2 Å². The van der Waals surface area contributed by atoms with Crippen molar-refractivity contribution in [2.75, 3.05) is 26.3 Å². The second kappa shape index (κ2) is 8.83. The fourth-order valence-corrected chi connectivity index (χ4v) is 3.67. The molecule has 1 aromatic carbocycles. The molecule has 10 heteroatoms. The van der Waals surface area contributed by atoms with Crippen LogP contribution < -0.4 is 0 Å². The molecule has 0 bridgehead atoms. The van der Waals surface area contributed by atoms with Gasteiger partial charge in [0.1, 0.15) is 5.56 Å². The van der Waals surface area contributed by atoms with Gasteiger partial charge in [-0.1, -0.05) is 0 Å². The molecule has 8 nitrogen and oxygen atoms in total. The number of ketones is 1. The summed E-state index contributed by atoms with van der Waals surface area (Å²) in [5.41, 5.74) is 0.710. The zero-order valence-electron chi connectivity index (χ0n) is 15.2. The Labute approximate surface area is 162 Å². The van der Waals surface area contributed by atoms with Crippen molar-refractivity contribution >= 4 is 27.2 Å². The monoisotopic (exact) mass is 416 g/mol. The molecular formula is C17H21ClN2O6S. The van der Waals surface area contributed by atoms with Gasteiger partial charge in [0, 0.05) is 19.7 Å². The van der Waals surface area contributed by atoms with Crippen LogP contribution in [0.3, 0.4) is 0 Å². The van der Waals surface area contributed by atoms with Crippen molar-refractivity contribution in [2.45, 2.75) is 17.2 Å². The Morgan fingerprint density at radius 1 is 1.30 bits per heavy atom. The number of aryl methyl sites for hydroxylation is 2. The Hall–Kier alpha value is -1.94. The molecule has 1 unspecified atom stereocenters. The Bertz CT molecular complexity index is 908. The highest BCUT2D eigenvalue weighted by Gasteiger charge is 2.22. The number of hydrogen-bond donors (Lipinski definition) is 1. The van der Waals surface area contributed by atoms with Gasteiger partial charge < -0.3 is 14.6 Å². The van der Waals surface area contributed by atoms with Crippen molar-refractivity contribution in [3.05, 3.63) is 41.1 Å². The van der Waals surface area contributed by atoms with Gasteiger partial charge in [-0.2, -0.15) is 5.10 Å². The maximum absolute atomic E-state index is 12.6. The molecular weight excluding hydrogens is 396 g/mol. The Kier molecular flexibility index (Phi) is 6.99. The number of aromatic hydroxyl groups is 1. The molecule has 1 heterocycles. The molecule has 0 amide bonds. The fourth-order valence-electron chi connectivity index (χ4n) is 2.45. The molecule has 0 aliphatic heterocycles. The summed E-state index contributed by atoms with van der Waals surface area (Å²) >= 11 is 5.89. The van der Waals surface area contributed by atoms with Crippen molar-refractivity contribution < 1.29 is 27.8 Å². The van der Waals surface area contributed by atoms with Gasteiger partial charge in [0.15, 0.2) is 11.7 Å². The molecule has 2 aromatic rings. The van der Waals surface area contributed by atoms with E-state index in [0.29, 0.717) is 5.69 Å². The van der Waals surface area contributed by atoms with Crippen molar-refractivity contribution in [1.82, 2.24) is 9.78 Å². The molecule has 0 saturated heterocycles. The van der Waals surface area contributed by atoms with Gasteiger partial charge in [0.25, 0.3) is 0 Å². The van der Waals surface area contributed by atoms with Gasteiger partial charge >= 0.3 is 0 Å². The van der Waals surface area contributed by atoms with E-state index in [-0.39, 0.29) is 35.1 Å². The third-order valence-corrected chi connectivity index (χ3v) is 5.50. The van der Waals surface area contributed by atoms with Gasteiger partial charge in [0.2, 0.25) is 15.7 Å². The average Bonchev–Trinajstić information content (AvgIpc) is 2.86. The molecule has 0 fully saturated rings. The maximum Gasteiger partial charge on any atom is 0.220 e. The van der Waals surface area contributed by atoms with E-state index >= 15 is 0 Å². The van der Waals surface area contributed by atoms with Gasteiger partial charge in [-0.25, -0.2) is 13.1 Å². The molecule has 0 spiro atoms. The van der Waals surface area contributed by atoms with Crippen LogP contribution in [-0.4, -0.2) is 60.7 Å². The summed E-state index contributed by atoms with van der Waals surface area (Å²) in [6, 6.07) is 5.41. The topological polar surface area (TPSA) is 108 Å². The largest absolute Gasteiger partial charge is 0.493 e. The number of sulfone groups is 1. The first kappa shape index (κ1) is 21.4. The smallest absolute Gasteiger partial charge is 0.220 e. The number of halogens is 1. The first-order chi connectivity index (χ1) is 12.7. The van der Waals surface area contributed by atoms with Gasteiger partial charge in [-0.15, -0.1) is 11.6 Å². The summed E-state index contributed by atoms with van der Waals surface area (Å²) in [5, 5.41) is 13.5. The summed E-state index contributed by atoms with van der Waals surface area (Å²) in [5.74, 6) is -1.22. The van der Waals surface area contributed by atoms with E-state index in [1.807, 2.05) is 0 Å². The summed E-state index contributed by atoms with van der Waals surface area (Å²) in [6.45, 7) is 1.89. The minimum absolute atomic E-state index is 0.0176. The van der Waals surface area contributed by atoms with Crippen LogP contribution in [0.1, 0.15) is 21.6 Å². The highest BCUT2D eigenvalue weighted by molar-refractivity contribution is 7.91. The van der Waals surface area contributed by atoms with Crippen LogP contribution in [0.15, 0.2) is 29.2 Å². The summed E-state index contributed by atoms with van der Waals surface area (Å²) in [7, 11) is -0.681. The number of nitrogens with zero attached hydrogens (tertiary/aromatic N) is 2. The predicted molar refractivity (Wildman–Crippen MR) is 99.0 cm³/mol. The number of benzene rings is 1. The van der Waals surface area contributed by atoms with E-state index in [4.69, 9.17) is 21.1 Å². The van der Waals surface area contributed by atoms with Crippen molar-refractivity contribution in [3.63, 3.8) is 0 Å². The van der Waals surface area contributed by atoms with Crippen LogP contribution in [0.25, 0.3) is 0 Å². The average molecular weight is 417 g/mol. The third kappa shape index (κ3) is 5.07. The number of carbonyl (C=O) groups excluding carboxylic acids is 1. The lowest BCUT2D eigenvalue weighted by Gasteiger charge is -2.10. The predicted octanol–water partition coefficient (Wildman–Crippen LogP) is 1.67. The standard InChI is InChI=1S/C17H21ClN2O6S/c1-11-15(17(22)20(2)19-11)16(21)12-4-6-14(7-5-12)27(23,24)10-26-9-13(18)8-25-3/h4-7,13,22H,8-10H2,1-3H3. The van der Waals surface area contributed by atoms with E-state index in [1.54, 1.807) is 6.92 Å². The Morgan fingerprint density at radius 2 is 1.93 bits per heavy atom. The lowest BCUT2D eigenvalue weighted by molar-refractivity contribution is 0.103. The van der Waals surface area contributed by atoms with Crippen LogP contribution >= 0.6 is 11.6 Å². The van der Waals surface area contributed by atoms with E-state index in [2.05, 4.69) is 5.10 Å². The van der Waals surface area contributed by atoms with Crippen LogP contribution in [-0.2, 0) is 26.4 Å². The van der Waals surface area contributed by atoms with Crippen LogP contribution in [0.5, 0.6) is 5.88 Å². The van der Waals surface area contributed by atoms with Crippen LogP contribution in [0.4, 0.5) is 0 Å². The summed E-state index contributed by atoms with van der Waals surface area (Å²) in [4.78, 5) is 12.6. The lowest BCUT2D eigenvalue weighted by Crippen LogP contribution is -2.19. The number of alkyl halides is 1. The molecule has 1 atom stereocenters. The van der Waals surface area contributed by atoms with Crippen molar-refractivity contribution in [2.24, 2.45) is 7.05 Å². The SMILES string of the molecule is COCC(Cl)COCS(=O)(=O)c1ccc(C(=O)c2c(C)nn(C)c2O)cc1. The fraction of sp³-hybridized carbons (Fsp3) is 0.412. The second-order valence-electron chi connectivity index (χ2n) is 5.92. The molecule has 1 aromatic heterocycles. The molecule has 0 aliphatic carbocycles. The number of carbonyl (C=O) groups is 1. The number of methoxy groups -OCH3 is 1. The van der Waals surface area contributed by atoms with E-state index < -0.39 is 26.9 Å². The minimum Gasteiger partial charge on any atom is -0.493 e. The summed E-state index contributed by atoms with van der Waals surface area (Å²) < 4.78 is 35.8. The van der Waals surface area contributed by atoms with Crippen LogP contribution in [0, 0.1) is 6.92 Å². The third-order valence-electron chi connectivity index (χ3n) is 3.78. The van der Waals surface area contributed by atoms with Crippen molar-refractivity contribution in [1.29, 1.82) is 0 Å². The van der Waals surface area contributed by atoms with Gasteiger partial charge in [-0.3, -0.25) is 4.79 Å². The van der Waals surface area contributed by atoms with E-state index in [9.17, 15) is 18.3 Å². The normalized spacial score (nSPS) is 12.9. The Balaban J connectivity index is 2.11. The molecule has 0 saturated carbocycles. The highest BCUT2D eigenvalue weighted by Crippen LogP contribution is 2.24. The van der Waals surface area contributed by atoms with E-state index in [1.165, 1.54) is 43.1 Å². The second-order valence-corrected chi connectivity index (χ2v) is 8.47. The number of aromatic nitrogens is 2. The highest BCUT2D eigenvalue weighted by atomic mass is 35.5. The molecule has 0 radical (unpaired) electrons. The Morgan fingerprint density at radius 3 is 2.44 bits per heavy atom. The first-order valence-corrected chi connectivity index (χ1v) is 10.1. The quantitative estimate of drug-likeness (QED) is 0.489. The molecule has 27 heavy (non-hydrogen) atoms. The minimum atomic E-state index is -3.69. The van der Waals surface area contributed by atoms with Crippen molar-refractivity contribution in [3.8, 4) is 5.88 Å². The lowest BCUT2D eigenvalue weighted by atomic mass is 10.0. The zero-order valence-corrected chi connectivity index (χ0v) is 16.7. The molecule has 1 N–H and O–H groups in total. The molecule has 148 valence electrons. The number of rotatable bonds is 9. The number of ether oxygens (including phenoxy) is 2. The molecule has 0 aliphatic rings. The van der Waals surface area contributed by atoms with Gasteiger partial charge in [-0.05, 0) is 31.2 Å². The maximum atomic E-state index is 12.6. The van der Waals surface area contributed by atoms with Crippen LogP contribution in [0.2, 0.25) is 0 Å².